The van der Waals surface area contributed by atoms with Crippen LogP contribution in [0.2, 0.25) is 0 Å². The number of nitrogens with zero attached hydrogens (tertiary/aromatic N) is 1. The summed E-state index contributed by atoms with van der Waals surface area (Å²) in [6.45, 7) is 3.26. The summed E-state index contributed by atoms with van der Waals surface area (Å²) in [4.78, 5) is 17.9. The Bertz CT molecular complexity index is 877. The summed E-state index contributed by atoms with van der Waals surface area (Å²) in [5.41, 5.74) is 4.58. The van der Waals surface area contributed by atoms with Gasteiger partial charge < -0.3 is 19.0 Å². The Balaban J connectivity index is 1.82. The van der Waals surface area contributed by atoms with Gasteiger partial charge in [0.2, 0.25) is 0 Å². The fourth-order valence-corrected chi connectivity index (χ4v) is 3.45. The number of amides is 1. The molecule has 23 heavy (non-hydrogen) atoms. The minimum absolute atomic E-state index is 0.0826. The number of aromatic amines is 1. The summed E-state index contributed by atoms with van der Waals surface area (Å²) < 4.78 is 10.8. The van der Waals surface area contributed by atoms with Crippen molar-refractivity contribution in [1.29, 1.82) is 0 Å². The van der Waals surface area contributed by atoms with Gasteiger partial charge >= 0.3 is 0 Å². The zero-order valence-corrected chi connectivity index (χ0v) is 13.2. The van der Waals surface area contributed by atoms with Crippen molar-refractivity contribution in [3.8, 4) is 5.75 Å². The Morgan fingerprint density at radius 2 is 2.17 bits per heavy atom. The number of hydrogen-bond acceptors (Lipinski definition) is 3. The average molecular weight is 310 g/mol. The van der Waals surface area contributed by atoms with Crippen LogP contribution in [0.25, 0.3) is 10.9 Å². The van der Waals surface area contributed by atoms with Crippen molar-refractivity contribution in [3.63, 3.8) is 0 Å². The van der Waals surface area contributed by atoms with E-state index in [-0.39, 0.29) is 5.91 Å². The Morgan fingerprint density at radius 1 is 1.30 bits per heavy atom. The van der Waals surface area contributed by atoms with Crippen LogP contribution in [0.4, 0.5) is 0 Å². The molecule has 5 heteroatoms. The Labute approximate surface area is 133 Å². The fourth-order valence-electron chi connectivity index (χ4n) is 3.45. The van der Waals surface area contributed by atoms with Crippen LogP contribution in [0, 0.1) is 6.92 Å². The highest BCUT2D eigenvalue weighted by molar-refractivity contribution is 5.94. The molecule has 0 radical (unpaired) electrons. The highest BCUT2D eigenvalue weighted by atomic mass is 16.5. The lowest BCUT2D eigenvalue weighted by atomic mass is 10.0. The second-order valence-electron chi connectivity index (χ2n) is 5.85. The quantitative estimate of drug-likeness (QED) is 0.790. The van der Waals surface area contributed by atoms with E-state index < -0.39 is 0 Å². The molecule has 0 saturated carbocycles. The SMILES string of the molecule is COc1ccc2[nH]c(C)c3c2c1CN(C(=O)c1ccco1)CC3. The molecule has 0 saturated heterocycles. The van der Waals surface area contributed by atoms with E-state index in [1.165, 1.54) is 17.2 Å². The van der Waals surface area contributed by atoms with Crippen LogP contribution in [-0.4, -0.2) is 29.4 Å². The summed E-state index contributed by atoms with van der Waals surface area (Å²) >= 11 is 0. The molecular weight excluding hydrogens is 292 g/mol. The lowest BCUT2D eigenvalue weighted by Gasteiger charge is -2.21. The number of benzene rings is 1. The predicted octanol–water partition coefficient (Wildman–Crippen LogP) is 3.28. The molecule has 0 fully saturated rings. The molecule has 0 spiro atoms. The molecule has 1 aromatic carbocycles. The van der Waals surface area contributed by atoms with Crippen molar-refractivity contribution < 1.29 is 13.9 Å². The molecule has 3 heterocycles. The second kappa shape index (κ2) is 5.19. The van der Waals surface area contributed by atoms with E-state index in [2.05, 4.69) is 11.9 Å². The molecule has 118 valence electrons. The minimum Gasteiger partial charge on any atom is -0.496 e. The lowest BCUT2D eigenvalue weighted by Crippen LogP contribution is -2.31. The van der Waals surface area contributed by atoms with Gasteiger partial charge in [0, 0.05) is 28.7 Å². The first-order valence-corrected chi connectivity index (χ1v) is 7.69. The van der Waals surface area contributed by atoms with Crippen LogP contribution in [0.15, 0.2) is 34.9 Å². The van der Waals surface area contributed by atoms with Crippen LogP contribution in [0.1, 0.15) is 27.4 Å². The largest absolute Gasteiger partial charge is 0.496 e. The summed E-state index contributed by atoms with van der Waals surface area (Å²) in [7, 11) is 1.67. The molecule has 1 aliphatic rings. The van der Waals surface area contributed by atoms with Crippen LogP contribution >= 0.6 is 0 Å². The molecule has 5 nitrogen and oxygen atoms in total. The van der Waals surface area contributed by atoms with Gasteiger partial charge in [-0.1, -0.05) is 0 Å². The number of carbonyl (C=O) groups is 1. The molecule has 0 aliphatic carbocycles. The number of hydrogen-bond donors (Lipinski definition) is 1. The standard InChI is InChI=1S/C18H18N2O3/c1-11-12-7-8-20(18(21)16-4-3-9-23-16)10-13-15(22-2)6-5-14(19-11)17(12)13/h3-6,9,19H,7-8,10H2,1-2H3. The van der Waals surface area contributed by atoms with Crippen molar-refractivity contribution in [2.45, 2.75) is 19.9 Å². The number of aryl methyl sites for hydroxylation is 1. The van der Waals surface area contributed by atoms with Crippen LogP contribution in [0.5, 0.6) is 5.75 Å². The molecule has 2 aromatic heterocycles. The zero-order chi connectivity index (χ0) is 16.0. The Kier molecular flexibility index (Phi) is 3.15. The fraction of sp³-hybridized carbons (Fsp3) is 0.278. The maximum atomic E-state index is 12.7. The van der Waals surface area contributed by atoms with Gasteiger partial charge in [-0.25, -0.2) is 0 Å². The molecule has 4 rings (SSSR count). The summed E-state index contributed by atoms with van der Waals surface area (Å²) in [5, 5.41) is 1.19. The first kappa shape index (κ1) is 13.9. The molecule has 1 amide bonds. The van der Waals surface area contributed by atoms with Crippen molar-refractivity contribution in [2.24, 2.45) is 0 Å². The van der Waals surface area contributed by atoms with E-state index in [9.17, 15) is 4.79 Å². The summed E-state index contributed by atoms with van der Waals surface area (Å²) in [6, 6.07) is 7.44. The third-order valence-corrected chi connectivity index (χ3v) is 4.57. The van der Waals surface area contributed by atoms with E-state index in [1.54, 1.807) is 19.2 Å². The van der Waals surface area contributed by atoms with Gasteiger partial charge in [-0.05, 0) is 43.2 Å². The molecule has 3 aromatic rings. The lowest BCUT2D eigenvalue weighted by molar-refractivity contribution is 0.0714. The minimum atomic E-state index is -0.0826. The van der Waals surface area contributed by atoms with E-state index in [4.69, 9.17) is 9.15 Å². The third-order valence-electron chi connectivity index (χ3n) is 4.57. The van der Waals surface area contributed by atoms with Crippen LogP contribution in [-0.2, 0) is 13.0 Å². The number of rotatable bonds is 2. The number of ether oxygens (including phenoxy) is 1. The monoisotopic (exact) mass is 310 g/mol. The normalized spacial score (nSPS) is 14.1. The highest BCUT2D eigenvalue weighted by Crippen LogP contribution is 2.35. The van der Waals surface area contributed by atoms with Gasteiger partial charge in [0.25, 0.3) is 5.91 Å². The van der Waals surface area contributed by atoms with Gasteiger partial charge in [0.05, 0.1) is 19.9 Å². The van der Waals surface area contributed by atoms with E-state index in [1.807, 2.05) is 17.0 Å². The number of H-pyrrole nitrogens is 1. The highest BCUT2D eigenvalue weighted by Gasteiger charge is 2.26. The smallest absolute Gasteiger partial charge is 0.289 e. The van der Waals surface area contributed by atoms with E-state index >= 15 is 0 Å². The van der Waals surface area contributed by atoms with Gasteiger partial charge in [-0.15, -0.1) is 0 Å². The number of methoxy groups -OCH3 is 1. The second-order valence-corrected chi connectivity index (χ2v) is 5.85. The van der Waals surface area contributed by atoms with E-state index in [0.717, 1.165) is 28.9 Å². The first-order valence-electron chi connectivity index (χ1n) is 7.69. The number of nitrogens with one attached hydrogen (secondary N) is 1. The van der Waals surface area contributed by atoms with Crippen molar-refractivity contribution in [1.82, 2.24) is 9.88 Å². The topological polar surface area (TPSA) is 58.5 Å². The molecule has 0 unspecified atom stereocenters. The van der Waals surface area contributed by atoms with Crippen LogP contribution in [0.3, 0.4) is 0 Å². The van der Waals surface area contributed by atoms with Gasteiger partial charge in [-0.3, -0.25) is 4.79 Å². The zero-order valence-electron chi connectivity index (χ0n) is 13.2. The number of furan rings is 1. The third kappa shape index (κ3) is 2.11. The predicted molar refractivity (Wildman–Crippen MR) is 86.7 cm³/mol. The van der Waals surface area contributed by atoms with Crippen LogP contribution < -0.4 is 4.74 Å². The maximum Gasteiger partial charge on any atom is 0.289 e. The molecule has 1 N–H and O–H groups in total. The van der Waals surface area contributed by atoms with Gasteiger partial charge in [0.15, 0.2) is 5.76 Å². The van der Waals surface area contributed by atoms with Gasteiger partial charge in [0.1, 0.15) is 5.75 Å². The molecule has 0 atom stereocenters. The van der Waals surface area contributed by atoms with E-state index in [0.29, 0.717) is 18.8 Å². The number of carbonyl (C=O) groups excluding carboxylic acids is 1. The molecule has 1 aliphatic heterocycles. The number of aromatic nitrogens is 1. The maximum absolute atomic E-state index is 12.7. The average Bonchev–Trinajstić information content (AvgIpc) is 3.13. The first-order chi connectivity index (χ1) is 11.2. The van der Waals surface area contributed by atoms with Gasteiger partial charge in [-0.2, -0.15) is 0 Å². The van der Waals surface area contributed by atoms with Crippen molar-refractivity contribution in [2.75, 3.05) is 13.7 Å². The van der Waals surface area contributed by atoms with Crippen molar-refractivity contribution >= 4 is 16.8 Å². The Morgan fingerprint density at radius 3 is 2.91 bits per heavy atom. The summed E-state index contributed by atoms with van der Waals surface area (Å²) in [6.07, 6.45) is 2.35. The summed E-state index contributed by atoms with van der Waals surface area (Å²) in [5.74, 6) is 1.11. The van der Waals surface area contributed by atoms with Crippen molar-refractivity contribution in [3.05, 3.63) is 53.1 Å². The molecule has 0 bridgehead atoms. The molecular formula is C18H18N2O3. The Hall–Kier alpha value is -2.69.